The number of hydrogen-bond acceptors (Lipinski definition) is 6. The lowest BCUT2D eigenvalue weighted by atomic mass is 10.2. The highest BCUT2D eigenvalue weighted by molar-refractivity contribution is 5.65. The van der Waals surface area contributed by atoms with E-state index in [4.69, 9.17) is 0 Å². The fraction of sp³-hybridized carbons (Fsp3) is 0.600. The largest absolute Gasteiger partial charge is 0.375 e. The summed E-state index contributed by atoms with van der Waals surface area (Å²) < 4.78 is 0. The van der Waals surface area contributed by atoms with E-state index >= 15 is 0 Å². The molecule has 8 nitrogen and oxygen atoms in total. The number of non-ortho nitro benzene ring substituents is 1. The van der Waals surface area contributed by atoms with Crippen molar-refractivity contribution in [2.45, 2.75) is 44.2 Å². The second-order valence-corrected chi connectivity index (χ2v) is 6.28. The molecule has 23 heavy (non-hydrogen) atoms. The van der Waals surface area contributed by atoms with E-state index in [2.05, 4.69) is 10.2 Å². The average Bonchev–Trinajstić information content (AvgIpc) is 3.17. The molecule has 1 aliphatic heterocycles. The van der Waals surface area contributed by atoms with Gasteiger partial charge in [-0.2, -0.15) is 0 Å². The number of anilines is 1. The quantitative estimate of drug-likeness (QED) is 0.661. The van der Waals surface area contributed by atoms with E-state index in [1.807, 2.05) is 0 Å². The molecule has 1 saturated carbocycles. The van der Waals surface area contributed by atoms with Gasteiger partial charge in [0.1, 0.15) is 5.69 Å². The first-order chi connectivity index (χ1) is 11.0. The number of nitrogens with one attached hydrogen (secondary N) is 1. The van der Waals surface area contributed by atoms with Gasteiger partial charge in [0.25, 0.3) is 11.4 Å². The first-order valence-corrected chi connectivity index (χ1v) is 7.98. The van der Waals surface area contributed by atoms with Crippen molar-refractivity contribution in [3.8, 4) is 0 Å². The molecule has 0 aromatic heterocycles. The van der Waals surface area contributed by atoms with E-state index in [0.717, 1.165) is 25.6 Å². The highest BCUT2D eigenvalue weighted by atomic mass is 16.6. The highest BCUT2D eigenvalue weighted by Crippen LogP contribution is 2.32. The summed E-state index contributed by atoms with van der Waals surface area (Å²) in [4.78, 5) is 23.2. The second-order valence-electron chi connectivity index (χ2n) is 6.28. The Hall–Kier alpha value is -2.22. The number of nitro benzene ring substituents is 2. The summed E-state index contributed by atoms with van der Waals surface area (Å²) in [6.45, 7) is 1.88. The highest BCUT2D eigenvalue weighted by Gasteiger charge is 2.31. The lowest BCUT2D eigenvalue weighted by molar-refractivity contribution is -0.393. The van der Waals surface area contributed by atoms with Crippen LogP contribution in [0.1, 0.15) is 32.1 Å². The molecule has 1 aliphatic carbocycles. The maximum Gasteiger partial charge on any atom is 0.299 e. The molecule has 124 valence electrons. The Kier molecular flexibility index (Phi) is 4.42. The Morgan fingerprint density at radius 3 is 2.48 bits per heavy atom. The molecule has 1 unspecified atom stereocenters. The van der Waals surface area contributed by atoms with Crippen molar-refractivity contribution < 1.29 is 9.85 Å². The molecule has 0 spiro atoms. The van der Waals surface area contributed by atoms with Crippen LogP contribution >= 0.6 is 0 Å². The number of nitro groups is 2. The number of hydrogen-bond donors (Lipinski definition) is 1. The van der Waals surface area contributed by atoms with Crippen molar-refractivity contribution in [3.63, 3.8) is 0 Å². The third-order valence-electron chi connectivity index (χ3n) is 4.81. The van der Waals surface area contributed by atoms with Crippen LogP contribution in [0.15, 0.2) is 18.2 Å². The maximum absolute atomic E-state index is 11.2. The van der Waals surface area contributed by atoms with Gasteiger partial charge in [0.2, 0.25) is 0 Å². The monoisotopic (exact) mass is 320 g/mol. The summed E-state index contributed by atoms with van der Waals surface area (Å²) in [7, 11) is 0. The summed E-state index contributed by atoms with van der Waals surface area (Å²) >= 11 is 0. The molecular weight excluding hydrogens is 300 g/mol. The van der Waals surface area contributed by atoms with Gasteiger partial charge in [0.15, 0.2) is 0 Å². The summed E-state index contributed by atoms with van der Waals surface area (Å²) in [6.07, 6.45) is 5.99. The van der Waals surface area contributed by atoms with Gasteiger partial charge in [0, 0.05) is 31.2 Å². The topological polar surface area (TPSA) is 102 Å². The third kappa shape index (κ3) is 3.42. The van der Waals surface area contributed by atoms with Crippen LogP contribution in [0.5, 0.6) is 0 Å². The van der Waals surface area contributed by atoms with Crippen LogP contribution in [0.4, 0.5) is 17.1 Å². The molecule has 0 radical (unpaired) electrons. The van der Waals surface area contributed by atoms with Gasteiger partial charge < -0.3 is 5.32 Å². The second kappa shape index (κ2) is 6.49. The Morgan fingerprint density at radius 1 is 1.09 bits per heavy atom. The average molecular weight is 320 g/mol. The Balaban J connectivity index is 1.70. The molecule has 2 aliphatic rings. The van der Waals surface area contributed by atoms with Crippen molar-refractivity contribution in [1.82, 2.24) is 4.90 Å². The lowest BCUT2D eigenvalue weighted by Gasteiger charge is -2.23. The van der Waals surface area contributed by atoms with Crippen LogP contribution in [0.2, 0.25) is 0 Å². The number of nitrogens with zero attached hydrogens (tertiary/aromatic N) is 3. The van der Waals surface area contributed by atoms with Crippen molar-refractivity contribution in [1.29, 1.82) is 0 Å². The van der Waals surface area contributed by atoms with Crippen LogP contribution < -0.4 is 5.32 Å². The van der Waals surface area contributed by atoms with Gasteiger partial charge in [-0.1, -0.05) is 12.8 Å². The molecule has 1 aromatic carbocycles. The van der Waals surface area contributed by atoms with E-state index in [1.165, 1.54) is 37.8 Å². The van der Waals surface area contributed by atoms with E-state index in [1.54, 1.807) is 0 Å². The van der Waals surface area contributed by atoms with Crippen LogP contribution in [0.25, 0.3) is 0 Å². The smallest absolute Gasteiger partial charge is 0.299 e. The van der Waals surface area contributed by atoms with Crippen LogP contribution in [0, 0.1) is 20.2 Å². The minimum absolute atomic E-state index is 0.149. The van der Waals surface area contributed by atoms with Gasteiger partial charge in [0.05, 0.1) is 15.9 Å². The molecule has 2 fully saturated rings. The number of rotatable bonds is 5. The summed E-state index contributed by atoms with van der Waals surface area (Å²) in [5, 5.41) is 25.2. The zero-order valence-electron chi connectivity index (χ0n) is 12.8. The molecule has 0 amide bonds. The molecule has 1 heterocycles. The van der Waals surface area contributed by atoms with Crippen molar-refractivity contribution in [2.24, 2.45) is 0 Å². The van der Waals surface area contributed by atoms with Crippen LogP contribution in [-0.4, -0.2) is 39.9 Å². The molecule has 1 N–H and O–H groups in total. The summed E-state index contributed by atoms with van der Waals surface area (Å²) in [6, 6.07) is 4.56. The van der Waals surface area contributed by atoms with Crippen molar-refractivity contribution in [2.75, 3.05) is 18.4 Å². The van der Waals surface area contributed by atoms with E-state index in [-0.39, 0.29) is 17.4 Å². The number of benzene rings is 1. The normalized spacial score (nSPS) is 22.3. The third-order valence-corrected chi connectivity index (χ3v) is 4.81. The van der Waals surface area contributed by atoms with Gasteiger partial charge in [-0.25, -0.2) is 0 Å². The zero-order chi connectivity index (χ0) is 16.4. The van der Waals surface area contributed by atoms with Gasteiger partial charge in [-0.15, -0.1) is 0 Å². The fourth-order valence-electron chi connectivity index (χ4n) is 3.63. The maximum atomic E-state index is 11.2. The van der Waals surface area contributed by atoms with Crippen LogP contribution in [0.3, 0.4) is 0 Å². The summed E-state index contributed by atoms with van der Waals surface area (Å²) in [5.74, 6) is 0. The van der Waals surface area contributed by atoms with Crippen molar-refractivity contribution in [3.05, 3.63) is 38.4 Å². The van der Waals surface area contributed by atoms with E-state index < -0.39 is 9.85 Å². The Bertz CT molecular complexity index is 615. The van der Waals surface area contributed by atoms with Crippen LogP contribution in [-0.2, 0) is 0 Å². The lowest BCUT2D eigenvalue weighted by Crippen LogP contribution is -2.33. The molecule has 3 rings (SSSR count). The summed E-state index contributed by atoms with van der Waals surface area (Å²) in [5.41, 5.74) is -0.140. The predicted octanol–water partition coefficient (Wildman–Crippen LogP) is 2.93. The van der Waals surface area contributed by atoms with Crippen molar-refractivity contribution >= 4 is 17.1 Å². The van der Waals surface area contributed by atoms with Gasteiger partial charge in [-0.05, 0) is 25.3 Å². The molecule has 1 aromatic rings. The van der Waals surface area contributed by atoms with Gasteiger partial charge in [-0.3, -0.25) is 25.1 Å². The number of likely N-dealkylation sites (tertiary alicyclic amines) is 1. The minimum Gasteiger partial charge on any atom is -0.375 e. The standard InChI is InChI=1S/C15H20N4O4/c20-18(21)13-5-6-14(15(9-13)19(22)23)16-11-7-8-17(10-11)12-3-1-2-4-12/h5-6,9,11-12,16H,1-4,7-8,10H2. The van der Waals surface area contributed by atoms with E-state index in [0.29, 0.717) is 11.7 Å². The first kappa shape index (κ1) is 15.7. The molecule has 0 bridgehead atoms. The first-order valence-electron chi connectivity index (χ1n) is 7.98. The molecule has 8 heteroatoms. The predicted molar refractivity (Wildman–Crippen MR) is 85.6 cm³/mol. The Morgan fingerprint density at radius 2 is 1.83 bits per heavy atom. The minimum atomic E-state index is -0.617. The van der Waals surface area contributed by atoms with Gasteiger partial charge >= 0.3 is 0 Å². The molecular formula is C15H20N4O4. The zero-order valence-corrected chi connectivity index (χ0v) is 12.8. The molecule has 1 atom stereocenters. The Labute approximate surface area is 133 Å². The molecule has 1 saturated heterocycles. The SMILES string of the molecule is O=[N+]([O-])c1ccc(NC2CCN(C3CCCC3)C2)c([N+](=O)[O-])c1. The van der Waals surface area contributed by atoms with E-state index in [9.17, 15) is 20.2 Å². The fourth-order valence-corrected chi connectivity index (χ4v) is 3.63.